The van der Waals surface area contributed by atoms with Crippen LogP contribution in [0.15, 0.2) is 36.8 Å². The molecular formula is C23H22ClF2N5O2. The van der Waals surface area contributed by atoms with E-state index < -0.39 is 17.0 Å². The number of piperidine rings is 1. The van der Waals surface area contributed by atoms with Crippen LogP contribution < -0.4 is 10.2 Å². The van der Waals surface area contributed by atoms with Crippen LogP contribution in [0.2, 0.25) is 5.02 Å². The Labute approximate surface area is 193 Å². The van der Waals surface area contributed by atoms with Gasteiger partial charge in [-0.3, -0.25) is 9.59 Å². The number of hydrogen-bond acceptors (Lipinski definition) is 4. The second-order valence-electron chi connectivity index (χ2n) is 8.75. The van der Waals surface area contributed by atoms with Crippen LogP contribution in [-0.2, 0) is 4.79 Å². The molecule has 1 N–H and O–H groups in total. The molecule has 33 heavy (non-hydrogen) atoms. The highest BCUT2D eigenvalue weighted by atomic mass is 35.5. The molecule has 1 saturated heterocycles. The predicted octanol–water partition coefficient (Wildman–Crippen LogP) is 4.15. The molecule has 1 aromatic carbocycles. The highest BCUT2D eigenvalue weighted by Gasteiger charge is 2.47. The molecule has 5 rings (SSSR count). The summed E-state index contributed by atoms with van der Waals surface area (Å²) >= 11 is 6.14. The molecular weight excluding hydrogens is 452 g/mol. The van der Waals surface area contributed by atoms with Gasteiger partial charge in [-0.15, -0.1) is 0 Å². The van der Waals surface area contributed by atoms with Crippen molar-refractivity contribution in [2.45, 2.75) is 44.6 Å². The fourth-order valence-electron chi connectivity index (χ4n) is 5.05. The maximum Gasteiger partial charge on any atom is 0.256 e. The standard InChI is InChI=1S/C23H22ClF2N5O2/c24-16-11-17(25)18(26)12-19(16)30-9-1-5-23(22(30)33)6-3-14(4-7-23)29-21(32)15-13-28-31-10-2-8-27-20(15)31/h2,8,10-14H,1,3-7,9H2,(H,29,32)/t14-,23-. The van der Waals surface area contributed by atoms with Crippen molar-refractivity contribution in [1.29, 1.82) is 0 Å². The van der Waals surface area contributed by atoms with E-state index in [2.05, 4.69) is 15.4 Å². The molecule has 0 radical (unpaired) electrons. The minimum Gasteiger partial charge on any atom is -0.349 e. The number of amides is 2. The van der Waals surface area contributed by atoms with E-state index in [4.69, 9.17) is 11.6 Å². The molecule has 1 aliphatic heterocycles. The topological polar surface area (TPSA) is 79.6 Å². The maximum absolute atomic E-state index is 13.8. The summed E-state index contributed by atoms with van der Waals surface area (Å²) in [5.41, 5.74) is 0.517. The van der Waals surface area contributed by atoms with E-state index >= 15 is 0 Å². The van der Waals surface area contributed by atoms with Crippen molar-refractivity contribution in [3.63, 3.8) is 0 Å². The number of halogens is 3. The zero-order chi connectivity index (χ0) is 23.2. The molecule has 3 aromatic rings. The Hall–Kier alpha value is -3.07. The Morgan fingerprint density at radius 1 is 1.18 bits per heavy atom. The lowest BCUT2D eigenvalue weighted by Gasteiger charge is -2.45. The third-order valence-electron chi connectivity index (χ3n) is 6.82. The van der Waals surface area contributed by atoms with Gasteiger partial charge in [0.25, 0.3) is 5.91 Å². The first-order valence-corrected chi connectivity index (χ1v) is 11.3. The molecule has 1 saturated carbocycles. The number of carbonyl (C=O) groups excluding carboxylic acids is 2. The molecule has 0 atom stereocenters. The molecule has 0 unspecified atom stereocenters. The number of anilines is 1. The van der Waals surface area contributed by atoms with Gasteiger partial charge in [-0.05, 0) is 50.7 Å². The average molecular weight is 474 g/mol. The summed E-state index contributed by atoms with van der Waals surface area (Å²) in [6.45, 7) is 0.410. The molecule has 0 bridgehead atoms. The Morgan fingerprint density at radius 3 is 2.73 bits per heavy atom. The number of fused-ring (bicyclic) bond motifs is 1. The van der Waals surface area contributed by atoms with Crippen molar-refractivity contribution in [3.05, 3.63) is 59.0 Å². The summed E-state index contributed by atoms with van der Waals surface area (Å²) in [7, 11) is 0. The van der Waals surface area contributed by atoms with Crippen LogP contribution in [0.4, 0.5) is 14.5 Å². The number of carbonyl (C=O) groups is 2. The second-order valence-corrected chi connectivity index (χ2v) is 9.16. The first-order valence-electron chi connectivity index (χ1n) is 10.9. The van der Waals surface area contributed by atoms with E-state index in [9.17, 15) is 18.4 Å². The fourth-order valence-corrected chi connectivity index (χ4v) is 5.30. The number of nitrogens with one attached hydrogen (secondary N) is 1. The van der Waals surface area contributed by atoms with Crippen molar-refractivity contribution >= 4 is 34.7 Å². The minimum atomic E-state index is -1.04. The van der Waals surface area contributed by atoms with Gasteiger partial charge < -0.3 is 10.2 Å². The van der Waals surface area contributed by atoms with Crippen molar-refractivity contribution in [1.82, 2.24) is 19.9 Å². The van der Waals surface area contributed by atoms with E-state index in [1.807, 2.05) is 0 Å². The van der Waals surface area contributed by atoms with Gasteiger partial charge in [0.1, 0.15) is 5.56 Å². The Kier molecular flexibility index (Phi) is 5.52. The fraction of sp³-hybridized carbons (Fsp3) is 0.391. The summed E-state index contributed by atoms with van der Waals surface area (Å²) in [4.78, 5) is 32.0. The lowest BCUT2D eigenvalue weighted by Crippen LogP contribution is -2.52. The monoisotopic (exact) mass is 473 g/mol. The van der Waals surface area contributed by atoms with E-state index in [0.717, 1.165) is 25.0 Å². The Bertz CT molecular complexity index is 1240. The first-order chi connectivity index (χ1) is 15.9. The van der Waals surface area contributed by atoms with Crippen LogP contribution in [0.5, 0.6) is 0 Å². The quantitative estimate of drug-likeness (QED) is 0.580. The molecule has 7 nitrogen and oxygen atoms in total. The van der Waals surface area contributed by atoms with E-state index in [-0.39, 0.29) is 28.6 Å². The summed E-state index contributed by atoms with van der Waals surface area (Å²) in [6, 6.07) is 3.56. The van der Waals surface area contributed by atoms with Crippen LogP contribution >= 0.6 is 11.6 Å². The molecule has 1 spiro atoms. The number of nitrogens with zero attached hydrogens (tertiary/aromatic N) is 4. The lowest BCUT2D eigenvalue weighted by atomic mass is 9.67. The number of aromatic nitrogens is 3. The molecule has 2 amide bonds. The normalized spacial score (nSPS) is 23.3. The smallest absolute Gasteiger partial charge is 0.256 e. The van der Waals surface area contributed by atoms with E-state index in [0.29, 0.717) is 43.4 Å². The van der Waals surface area contributed by atoms with Gasteiger partial charge in [-0.2, -0.15) is 5.10 Å². The summed E-state index contributed by atoms with van der Waals surface area (Å²) in [6.07, 6.45) is 8.78. The lowest BCUT2D eigenvalue weighted by molar-refractivity contribution is -0.132. The van der Waals surface area contributed by atoms with Crippen LogP contribution in [-0.4, -0.2) is 39.0 Å². The number of hydrogen-bond donors (Lipinski definition) is 1. The van der Waals surface area contributed by atoms with Crippen LogP contribution in [0.1, 0.15) is 48.9 Å². The van der Waals surface area contributed by atoms with E-state index in [1.54, 1.807) is 23.0 Å². The van der Waals surface area contributed by atoms with E-state index in [1.165, 1.54) is 11.1 Å². The highest BCUT2D eigenvalue weighted by Crippen LogP contribution is 2.46. The predicted molar refractivity (Wildman–Crippen MR) is 118 cm³/mol. The Balaban J connectivity index is 1.28. The summed E-state index contributed by atoms with van der Waals surface area (Å²) < 4.78 is 28.9. The van der Waals surface area contributed by atoms with Gasteiger partial charge in [-0.1, -0.05) is 11.6 Å². The van der Waals surface area contributed by atoms with Crippen LogP contribution in [0.3, 0.4) is 0 Å². The maximum atomic E-state index is 13.8. The number of rotatable bonds is 3. The summed E-state index contributed by atoms with van der Waals surface area (Å²) in [5, 5.41) is 7.21. The van der Waals surface area contributed by atoms with Gasteiger partial charge in [0.2, 0.25) is 5.91 Å². The van der Waals surface area contributed by atoms with Gasteiger partial charge >= 0.3 is 0 Å². The molecule has 2 aromatic heterocycles. The molecule has 172 valence electrons. The summed E-state index contributed by atoms with van der Waals surface area (Å²) in [5.74, 6) is -2.43. The van der Waals surface area contributed by atoms with Crippen molar-refractivity contribution in [3.8, 4) is 0 Å². The van der Waals surface area contributed by atoms with Gasteiger partial charge in [0.05, 0.1) is 16.9 Å². The third kappa shape index (κ3) is 3.84. The van der Waals surface area contributed by atoms with Crippen molar-refractivity contribution < 1.29 is 18.4 Å². The zero-order valence-electron chi connectivity index (χ0n) is 17.7. The number of benzene rings is 1. The third-order valence-corrected chi connectivity index (χ3v) is 7.12. The van der Waals surface area contributed by atoms with Crippen LogP contribution in [0, 0.1) is 17.0 Å². The molecule has 10 heteroatoms. The second kappa shape index (κ2) is 8.37. The SMILES string of the molecule is O=C(N[C@H]1CC[C@@]2(CCCN(c3cc(F)c(F)cc3Cl)C2=O)CC1)c1cnn2cccnc12. The van der Waals surface area contributed by atoms with Crippen molar-refractivity contribution in [2.75, 3.05) is 11.4 Å². The minimum absolute atomic E-state index is 0.0160. The molecule has 1 aliphatic carbocycles. The largest absolute Gasteiger partial charge is 0.349 e. The van der Waals surface area contributed by atoms with Gasteiger partial charge in [0.15, 0.2) is 17.3 Å². The van der Waals surface area contributed by atoms with Crippen LogP contribution in [0.25, 0.3) is 5.65 Å². The molecule has 2 fully saturated rings. The van der Waals surface area contributed by atoms with Gasteiger partial charge in [-0.25, -0.2) is 18.3 Å². The van der Waals surface area contributed by atoms with Crippen molar-refractivity contribution in [2.24, 2.45) is 5.41 Å². The highest BCUT2D eigenvalue weighted by molar-refractivity contribution is 6.33. The Morgan fingerprint density at radius 2 is 1.94 bits per heavy atom. The van der Waals surface area contributed by atoms with Gasteiger partial charge in [0, 0.05) is 36.5 Å². The molecule has 2 aliphatic rings. The average Bonchev–Trinajstić information content (AvgIpc) is 3.24. The molecule has 3 heterocycles. The zero-order valence-corrected chi connectivity index (χ0v) is 18.5. The first kappa shape index (κ1) is 21.8.